The zero-order chi connectivity index (χ0) is 15.2. The van der Waals surface area contributed by atoms with Gasteiger partial charge in [-0.3, -0.25) is 9.78 Å². The van der Waals surface area contributed by atoms with Crippen LogP contribution in [0.25, 0.3) is 0 Å². The molecule has 0 unspecified atom stereocenters. The van der Waals surface area contributed by atoms with Gasteiger partial charge in [-0.2, -0.15) is 0 Å². The molecule has 108 valence electrons. The van der Waals surface area contributed by atoms with Crippen LogP contribution in [0.4, 0.5) is 0 Å². The number of rotatable bonds is 3. The summed E-state index contributed by atoms with van der Waals surface area (Å²) >= 11 is 1.59. The first-order chi connectivity index (χ1) is 10.1. The van der Waals surface area contributed by atoms with E-state index in [-0.39, 0.29) is 5.91 Å². The van der Waals surface area contributed by atoms with Gasteiger partial charge in [0.05, 0.1) is 18.7 Å². The lowest BCUT2D eigenvalue weighted by Gasteiger charge is -2.16. The molecule has 21 heavy (non-hydrogen) atoms. The first kappa shape index (κ1) is 15.2. The second-order valence-corrected chi connectivity index (χ2v) is 5.65. The summed E-state index contributed by atoms with van der Waals surface area (Å²) in [6.45, 7) is 2.80. The van der Waals surface area contributed by atoms with E-state index in [0.29, 0.717) is 18.7 Å². The van der Waals surface area contributed by atoms with Gasteiger partial charge in [-0.25, -0.2) is 0 Å². The summed E-state index contributed by atoms with van der Waals surface area (Å²) in [4.78, 5) is 19.2. The molecule has 0 aliphatic heterocycles. The molecule has 0 saturated heterocycles. The number of nitrogens with zero attached hydrogens (tertiary/aromatic N) is 2. The molecule has 0 aromatic carbocycles. The van der Waals surface area contributed by atoms with Crippen LogP contribution < -0.4 is 5.73 Å². The van der Waals surface area contributed by atoms with Gasteiger partial charge in [0.2, 0.25) is 0 Å². The van der Waals surface area contributed by atoms with E-state index in [4.69, 9.17) is 5.73 Å². The zero-order valence-corrected chi connectivity index (χ0v) is 12.9. The third-order valence-electron chi connectivity index (χ3n) is 2.89. The van der Waals surface area contributed by atoms with Crippen LogP contribution in [0.5, 0.6) is 0 Å². The topological polar surface area (TPSA) is 59.2 Å². The van der Waals surface area contributed by atoms with Crippen LogP contribution in [0, 0.1) is 18.8 Å². The number of amides is 1. The fourth-order valence-corrected chi connectivity index (χ4v) is 2.67. The Morgan fingerprint density at radius 2 is 2.29 bits per heavy atom. The molecule has 0 aliphatic carbocycles. The van der Waals surface area contributed by atoms with Gasteiger partial charge in [-0.05, 0) is 25.1 Å². The minimum Gasteiger partial charge on any atom is -0.337 e. The third kappa shape index (κ3) is 4.15. The molecule has 0 spiro atoms. The molecule has 2 aromatic rings. The van der Waals surface area contributed by atoms with Crippen molar-refractivity contribution in [3.8, 4) is 11.8 Å². The Labute approximate surface area is 128 Å². The van der Waals surface area contributed by atoms with E-state index in [0.717, 1.165) is 16.1 Å². The fourth-order valence-electron chi connectivity index (χ4n) is 1.80. The van der Waals surface area contributed by atoms with Crippen LogP contribution in [0.15, 0.2) is 29.8 Å². The Morgan fingerprint density at radius 1 is 1.48 bits per heavy atom. The number of thiophene rings is 1. The minimum atomic E-state index is -0.0366. The predicted octanol–water partition coefficient (Wildman–Crippen LogP) is 2.03. The Bertz CT molecular complexity index is 680. The predicted molar refractivity (Wildman–Crippen MR) is 85.0 cm³/mol. The van der Waals surface area contributed by atoms with Gasteiger partial charge in [0.1, 0.15) is 0 Å². The standard InChI is InChI=1S/C16H17N3OS/c1-12-5-6-14(9-18-12)16(20)19(2)10-15-8-13(11-21-15)4-3-7-17/h5-6,8-9,11H,7,10,17H2,1-2H3. The van der Waals surface area contributed by atoms with Crippen molar-refractivity contribution in [3.05, 3.63) is 51.5 Å². The fraction of sp³-hybridized carbons (Fsp3) is 0.250. The van der Waals surface area contributed by atoms with Gasteiger partial charge >= 0.3 is 0 Å². The molecule has 0 aliphatic rings. The molecule has 2 rings (SSSR count). The number of aryl methyl sites for hydroxylation is 1. The Hall–Kier alpha value is -2.16. The maximum Gasteiger partial charge on any atom is 0.255 e. The summed E-state index contributed by atoms with van der Waals surface area (Å²) in [5.74, 6) is 5.77. The molecule has 4 nitrogen and oxygen atoms in total. The van der Waals surface area contributed by atoms with E-state index in [9.17, 15) is 4.79 Å². The highest BCUT2D eigenvalue weighted by Crippen LogP contribution is 2.16. The quantitative estimate of drug-likeness (QED) is 0.882. The monoisotopic (exact) mass is 299 g/mol. The average Bonchev–Trinajstić information content (AvgIpc) is 2.92. The molecule has 0 saturated carbocycles. The maximum absolute atomic E-state index is 12.3. The second kappa shape index (κ2) is 7.02. The second-order valence-electron chi connectivity index (χ2n) is 4.66. The number of carbonyl (C=O) groups is 1. The van der Waals surface area contributed by atoms with E-state index in [1.165, 1.54) is 0 Å². The first-order valence-corrected chi connectivity index (χ1v) is 7.42. The average molecular weight is 299 g/mol. The van der Waals surface area contributed by atoms with E-state index in [1.54, 1.807) is 35.5 Å². The van der Waals surface area contributed by atoms with Crippen molar-refractivity contribution in [1.29, 1.82) is 0 Å². The molecule has 2 heterocycles. The molecule has 0 fully saturated rings. The summed E-state index contributed by atoms with van der Waals surface area (Å²) in [5, 5.41) is 1.98. The Morgan fingerprint density at radius 3 is 2.95 bits per heavy atom. The maximum atomic E-state index is 12.3. The zero-order valence-electron chi connectivity index (χ0n) is 12.1. The van der Waals surface area contributed by atoms with Crippen molar-refractivity contribution >= 4 is 17.2 Å². The Kier molecular flexibility index (Phi) is 5.09. The van der Waals surface area contributed by atoms with Crippen LogP contribution in [0.1, 0.15) is 26.5 Å². The largest absolute Gasteiger partial charge is 0.337 e. The lowest BCUT2D eigenvalue weighted by atomic mass is 10.2. The normalized spacial score (nSPS) is 9.86. The molecular weight excluding hydrogens is 282 g/mol. The van der Waals surface area contributed by atoms with E-state index in [1.807, 2.05) is 24.4 Å². The van der Waals surface area contributed by atoms with Gasteiger partial charge in [-0.15, -0.1) is 11.3 Å². The van der Waals surface area contributed by atoms with Gasteiger partial charge in [0, 0.05) is 34.8 Å². The highest BCUT2D eigenvalue weighted by atomic mass is 32.1. The third-order valence-corrected chi connectivity index (χ3v) is 3.81. The van der Waals surface area contributed by atoms with Gasteiger partial charge in [0.15, 0.2) is 0 Å². The summed E-state index contributed by atoms with van der Waals surface area (Å²) in [6, 6.07) is 5.63. The van der Waals surface area contributed by atoms with Crippen molar-refractivity contribution in [1.82, 2.24) is 9.88 Å². The summed E-state index contributed by atoms with van der Waals surface area (Å²) in [5.41, 5.74) is 7.79. The van der Waals surface area contributed by atoms with Crippen molar-refractivity contribution in [2.24, 2.45) is 5.73 Å². The van der Waals surface area contributed by atoms with Crippen molar-refractivity contribution in [2.45, 2.75) is 13.5 Å². The van der Waals surface area contributed by atoms with Crippen LogP contribution >= 0.6 is 11.3 Å². The lowest BCUT2D eigenvalue weighted by molar-refractivity contribution is 0.0786. The number of pyridine rings is 1. The van der Waals surface area contributed by atoms with Crippen molar-refractivity contribution in [2.75, 3.05) is 13.6 Å². The number of hydrogen-bond donors (Lipinski definition) is 1. The van der Waals surface area contributed by atoms with Crippen LogP contribution in [0.3, 0.4) is 0 Å². The lowest BCUT2D eigenvalue weighted by Crippen LogP contribution is -2.25. The summed E-state index contributed by atoms with van der Waals surface area (Å²) in [6.07, 6.45) is 1.61. The summed E-state index contributed by atoms with van der Waals surface area (Å²) in [7, 11) is 1.78. The molecule has 2 N–H and O–H groups in total. The molecule has 0 radical (unpaired) electrons. The van der Waals surface area contributed by atoms with Crippen molar-refractivity contribution < 1.29 is 4.79 Å². The van der Waals surface area contributed by atoms with Crippen molar-refractivity contribution in [3.63, 3.8) is 0 Å². The molecule has 0 atom stereocenters. The molecular formula is C16H17N3OS. The SMILES string of the molecule is Cc1ccc(C(=O)N(C)Cc2cc(C#CCN)cs2)cn1. The highest BCUT2D eigenvalue weighted by molar-refractivity contribution is 7.10. The van der Waals surface area contributed by atoms with Crippen LogP contribution in [0.2, 0.25) is 0 Å². The number of nitrogens with two attached hydrogens (primary N) is 1. The highest BCUT2D eigenvalue weighted by Gasteiger charge is 2.13. The molecule has 2 aromatic heterocycles. The van der Waals surface area contributed by atoms with Crippen LogP contribution in [-0.4, -0.2) is 29.4 Å². The van der Waals surface area contributed by atoms with Gasteiger partial charge in [-0.1, -0.05) is 11.8 Å². The molecule has 0 bridgehead atoms. The first-order valence-electron chi connectivity index (χ1n) is 6.54. The summed E-state index contributed by atoms with van der Waals surface area (Å²) < 4.78 is 0. The van der Waals surface area contributed by atoms with Gasteiger partial charge in [0.25, 0.3) is 5.91 Å². The van der Waals surface area contributed by atoms with E-state index < -0.39 is 0 Å². The van der Waals surface area contributed by atoms with E-state index in [2.05, 4.69) is 16.8 Å². The van der Waals surface area contributed by atoms with Gasteiger partial charge < -0.3 is 10.6 Å². The number of carbonyl (C=O) groups excluding carboxylic acids is 1. The van der Waals surface area contributed by atoms with E-state index >= 15 is 0 Å². The number of aromatic nitrogens is 1. The molecule has 5 heteroatoms. The van der Waals surface area contributed by atoms with Crippen LogP contribution in [-0.2, 0) is 6.54 Å². The Balaban J connectivity index is 2.03. The minimum absolute atomic E-state index is 0.0366. The molecule has 1 amide bonds. The number of hydrogen-bond acceptors (Lipinski definition) is 4. The smallest absolute Gasteiger partial charge is 0.255 e.